The van der Waals surface area contributed by atoms with E-state index in [1.165, 1.54) is 0 Å². The lowest BCUT2D eigenvalue weighted by Crippen LogP contribution is -2.54. The van der Waals surface area contributed by atoms with Crippen molar-refractivity contribution in [2.45, 2.75) is 31.7 Å². The predicted octanol–water partition coefficient (Wildman–Crippen LogP) is 3.52. The Kier molecular flexibility index (Phi) is 6.91. The van der Waals surface area contributed by atoms with Crippen LogP contribution in [0.1, 0.15) is 46.4 Å². The van der Waals surface area contributed by atoms with Crippen molar-refractivity contribution in [3.05, 3.63) is 70.3 Å². The lowest BCUT2D eigenvalue weighted by Gasteiger charge is -2.37. The number of carbonyl (C=O) groups excluding carboxylic acids is 5. The monoisotopic (exact) mass is 605 g/mol. The highest BCUT2D eigenvalue weighted by Gasteiger charge is 2.44. The minimum atomic E-state index is -0.977. The van der Waals surface area contributed by atoms with Gasteiger partial charge in [0, 0.05) is 54.6 Å². The largest absolute Gasteiger partial charge is 0.371 e. The summed E-state index contributed by atoms with van der Waals surface area (Å²) in [5.41, 5.74) is 2.26. The molecule has 40 heavy (non-hydrogen) atoms. The number of anilines is 2. The van der Waals surface area contributed by atoms with Crippen molar-refractivity contribution in [1.82, 2.24) is 15.1 Å². The second kappa shape index (κ2) is 10.5. The van der Waals surface area contributed by atoms with E-state index < -0.39 is 29.7 Å². The SMILES string of the molecule is O=C1CCC(N2C(=O)c3ccc(N4CCC(CN5C=CCN(c6cccc(Br)c6)C5=O)CC4)cc3C2=O)C(=O)N1. The Balaban J connectivity index is 1.09. The molecule has 2 fully saturated rings. The van der Waals surface area contributed by atoms with Crippen molar-refractivity contribution in [3.8, 4) is 0 Å². The van der Waals surface area contributed by atoms with Gasteiger partial charge < -0.3 is 9.80 Å². The predicted molar refractivity (Wildman–Crippen MR) is 151 cm³/mol. The molecule has 4 aliphatic heterocycles. The first-order valence-electron chi connectivity index (χ1n) is 13.4. The van der Waals surface area contributed by atoms with Crippen LogP contribution in [0.15, 0.2) is 59.2 Å². The van der Waals surface area contributed by atoms with Gasteiger partial charge in [0.25, 0.3) is 11.8 Å². The summed E-state index contributed by atoms with van der Waals surface area (Å²) < 4.78 is 0.924. The van der Waals surface area contributed by atoms with Crippen LogP contribution in [-0.4, -0.2) is 71.7 Å². The number of imide groups is 2. The van der Waals surface area contributed by atoms with E-state index in [-0.39, 0.29) is 30.0 Å². The molecule has 6 amide bonds. The fraction of sp³-hybridized carbons (Fsp3) is 0.345. The average Bonchev–Trinajstić information content (AvgIpc) is 3.19. The van der Waals surface area contributed by atoms with Crippen LogP contribution in [0.2, 0.25) is 0 Å². The Morgan fingerprint density at radius 2 is 1.65 bits per heavy atom. The lowest BCUT2D eigenvalue weighted by atomic mass is 9.95. The van der Waals surface area contributed by atoms with Gasteiger partial charge >= 0.3 is 6.03 Å². The minimum Gasteiger partial charge on any atom is -0.371 e. The Bertz CT molecular complexity index is 1450. The van der Waals surface area contributed by atoms with Gasteiger partial charge in [-0.1, -0.05) is 22.0 Å². The molecule has 206 valence electrons. The number of halogens is 1. The number of benzene rings is 2. The van der Waals surface area contributed by atoms with E-state index in [1.807, 2.05) is 42.6 Å². The van der Waals surface area contributed by atoms with Crippen LogP contribution < -0.4 is 15.1 Å². The molecule has 0 bridgehead atoms. The molecule has 0 radical (unpaired) electrons. The summed E-state index contributed by atoms with van der Waals surface area (Å²) in [6.07, 6.45) is 5.84. The molecule has 2 aromatic carbocycles. The number of piperidine rings is 2. The number of hydrogen-bond acceptors (Lipinski definition) is 6. The number of nitrogens with one attached hydrogen (secondary N) is 1. The number of amides is 6. The Hall–Kier alpha value is -3.99. The highest BCUT2D eigenvalue weighted by atomic mass is 79.9. The first-order chi connectivity index (χ1) is 19.3. The number of hydrogen-bond donors (Lipinski definition) is 1. The third-order valence-corrected chi connectivity index (χ3v) is 8.52. The third kappa shape index (κ3) is 4.78. The van der Waals surface area contributed by atoms with Crippen molar-refractivity contribution < 1.29 is 24.0 Å². The van der Waals surface area contributed by atoms with Gasteiger partial charge in [0.05, 0.1) is 11.1 Å². The van der Waals surface area contributed by atoms with Crippen LogP contribution in [0.3, 0.4) is 0 Å². The Morgan fingerprint density at radius 3 is 2.40 bits per heavy atom. The molecule has 1 N–H and O–H groups in total. The molecule has 2 aromatic rings. The maximum absolute atomic E-state index is 13.2. The zero-order valence-electron chi connectivity index (χ0n) is 21.7. The van der Waals surface area contributed by atoms with Gasteiger partial charge in [-0.25, -0.2) is 4.79 Å². The fourth-order valence-electron chi connectivity index (χ4n) is 5.88. The van der Waals surface area contributed by atoms with Gasteiger partial charge in [-0.15, -0.1) is 0 Å². The topological polar surface area (TPSA) is 110 Å². The summed E-state index contributed by atoms with van der Waals surface area (Å²) in [6, 6.07) is 11.9. The van der Waals surface area contributed by atoms with Crippen LogP contribution in [0, 0.1) is 5.92 Å². The summed E-state index contributed by atoms with van der Waals surface area (Å²) in [7, 11) is 0. The zero-order chi connectivity index (χ0) is 28.0. The maximum atomic E-state index is 13.2. The van der Waals surface area contributed by atoms with Crippen LogP contribution in [0.4, 0.5) is 16.2 Å². The van der Waals surface area contributed by atoms with E-state index in [1.54, 1.807) is 21.9 Å². The van der Waals surface area contributed by atoms with Gasteiger partial charge in [-0.05, 0) is 67.7 Å². The summed E-state index contributed by atoms with van der Waals surface area (Å²) in [5.74, 6) is -1.69. The first-order valence-corrected chi connectivity index (χ1v) is 14.2. The van der Waals surface area contributed by atoms with Crippen molar-refractivity contribution in [2.24, 2.45) is 5.92 Å². The van der Waals surface area contributed by atoms with Crippen molar-refractivity contribution in [2.75, 3.05) is 36.0 Å². The van der Waals surface area contributed by atoms with Crippen molar-refractivity contribution >= 4 is 57.0 Å². The number of carbonyl (C=O) groups is 5. The first kappa shape index (κ1) is 26.2. The van der Waals surface area contributed by atoms with Crippen molar-refractivity contribution in [3.63, 3.8) is 0 Å². The Morgan fingerprint density at radius 1 is 0.875 bits per heavy atom. The molecule has 11 heteroatoms. The number of urea groups is 1. The molecule has 2 saturated heterocycles. The molecule has 4 heterocycles. The standard InChI is InChI=1S/C29H28BrN5O5/c30-19-3-1-4-21(15-19)34-12-2-11-33(29(34)40)17-18-9-13-32(14-10-18)20-5-6-22-23(16-20)28(39)35(27(22)38)24-7-8-25(36)31-26(24)37/h1-6,11,15-16,18,24H,7-10,12-14,17H2,(H,31,36,37). The zero-order valence-corrected chi connectivity index (χ0v) is 23.3. The third-order valence-electron chi connectivity index (χ3n) is 8.03. The van der Waals surface area contributed by atoms with E-state index >= 15 is 0 Å². The smallest absolute Gasteiger partial charge is 0.328 e. The molecule has 0 aromatic heterocycles. The molecule has 1 atom stereocenters. The Labute approximate surface area is 239 Å². The molecule has 4 aliphatic rings. The lowest BCUT2D eigenvalue weighted by molar-refractivity contribution is -0.136. The van der Waals surface area contributed by atoms with Crippen molar-refractivity contribution in [1.29, 1.82) is 0 Å². The molecule has 10 nitrogen and oxygen atoms in total. The second-order valence-electron chi connectivity index (χ2n) is 10.5. The summed E-state index contributed by atoms with van der Waals surface area (Å²) in [6.45, 7) is 2.67. The summed E-state index contributed by atoms with van der Waals surface area (Å²) >= 11 is 3.48. The molecule has 1 unspecified atom stereocenters. The van der Waals surface area contributed by atoms with E-state index in [4.69, 9.17) is 0 Å². The number of rotatable bonds is 5. The van der Waals surface area contributed by atoms with Gasteiger partial charge in [0.2, 0.25) is 11.8 Å². The maximum Gasteiger partial charge on any atom is 0.328 e. The van der Waals surface area contributed by atoms with Gasteiger partial charge in [0.15, 0.2) is 0 Å². The van der Waals surface area contributed by atoms with Gasteiger partial charge in [-0.2, -0.15) is 0 Å². The molecule has 0 spiro atoms. The van der Waals surface area contributed by atoms with Crippen LogP contribution in [-0.2, 0) is 9.59 Å². The van der Waals surface area contributed by atoms with Crippen LogP contribution >= 0.6 is 15.9 Å². The van der Waals surface area contributed by atoms with E-state index in [0.717, 1.165) is 46.7 Å². The van der Waals surface area contributed by atoms with Gasteiger partial charge in [0.1, 0.15) is 6.04 Å². The average molecular weight is 606 g/mol. The molecular formula is C29H28BrN5O5. The molecule has 0 saturated carbocycles. The minimum absolute atomic E-state index is 0.0367. The van der Waals surface area contributed by atoms with E-state index in [0.29, 0.717) is 19.0 Å². The molecular weight excluding hydrogens is 578 g/mol. The highest BCUT2D eigenvalue weighted by Crippen LogP contribution is 2.33. The van der Waals surface area contributed by atoms with E-state index in [9.17, 15) is 24.0 Å². The molecule has 6 rings (SSSR count). The number of nitrogens with zero attached hydrogens (tertiary/aromatic N) is 4. The quantitative estimate of drug-likeness (QED) is 0.522. The normalized spacial score (nSPS) is 21.8. The number of fused-ring (bicyclic) bond motifs is 1. The van der Waals surface area contributed by atoms with Gasteiger partial charge in [-0.3, -0.25) is 34.3 Å². The highest BCUT2D eigenvalue weighted by molar-refractivity contribution is 9.10. The summed E-state index contributed by atoms with van der Waals surface area (Å²) in [4.78, 5) is 70.0. The molecule has 0 aliphatic carbocycles. The summed E-state index contributed by atoms with van der Waals surface area (Å²) in [5, 5.41) is 2.22. The van der Waals surface area contributed by atoms with Crippen LogP contribution in [0.5, 0.6) is 0 Å². The fourth-order valence-corrected chi connectivity index (χ4v) is 6.27. The van der Waals surface area contributed by atoms with Crippen LogP contribution in [0.25, 0.3) is 0 Å². The van der Waals surface area contributed by atoms with E-state index in [2.05, 4.69) is 26.1 Å². The second-order valence-corrected chi connectivity index (χ2v) is 11.4.